The topological polar surface area (TPSA) is 47.0 Å². The number of pyridine rings is 1. The van der Waals surface area contributed by atoms with Crippen LogP contribution in [0.5, 0.6) is 5.75 Å². The van der Waals surface area contributed by atoms with Gasteiger partial charge in [-0.2, -0.15) is 13.2 Å². The lowest BCUT2D eigenvalue weighted by Gasteiger charge is -2.10. The van der Waals surface area contributed by atoms with Gasteiger partial charge in [0.05, 0.1) is 16.6 Å². The van der Waals surface area contributed by atoms with Crippen LogP contribution in [-0.4, -0.2) is 9.55 Å². The Hall–Kier alpha value is -3.48. The summed E-state index contributed by atoms with van der Waals surface area (Å²) in [7, 11) is 1.72. The van der Waals surface area contributed by atoms with E-state index < -0.39 is 11.7 Å². The summed E-state index contributed by atoms with van der Waals surface area (Å²) in [5.41, 5.74) is 3.21. The van der Waals surface area contributed by atoms with E-state index >= 15 is 0 Å². The van der Waals surface area contributed by atoms with Crippen molar-refractivity contribution >= 4 is 11.0 Å². The van der Waals surface area contributed by atoms with E-state index in [-0.39, 0.29) is 12.2 Å². The van der Waals surface area contributed by atoms with Gasteiger partial charge in [0.25, 0.3) is 5.56 Å². The molecular weight excluding hydrogens is 381 g/mol. The van der Waals surface area contributed by atoms with E-state index in [9.17, 15) is 18.0 Å². The van der Waals surface area contributed by atoms with Crippen LogP contribution in [0.1, 0.15) is 11.1 Å². The van der Waals surface area contributed by atoms with Crippen molar-refractivity contribution < 1.29 is 17.9 Å². The molecule has 0 fully saturated rings. The second kappa shape index (κ2) is 7.16. The molecule has 0 aliphatic carbocycles. The van der Waals surface area contributed by atoms with Gasteiger partial charge >= 0.3 is 6.18 Å². The molecule has 2 aromatic heterocycles. The van der Waals surface area contributed by atoms with Crippen molar-refractivity contribution in [3.63, 3.8) is 0 Å². The molecule has 4 rings (SSSR count). The summed E-state index contributed by atoms with van der Waals surface area (Å²) in [4.78, 5) is 15.1. The Kier molecular flexibility index (Phi) is 4.66. The molecule has 2 aromatic carbocycles. The first-order chi connectivity index (χ1) is 13.8. The fourth-order valence-corrected chi connectivity index (χ4v) is 3.23. The van der Waals surface area contributed by atoms with E-state index in [1.165, 1.54) is 18.2 Å². The number of aromatic amines is 1. The van der Waals surface area contributed by atoms with Gasteiger partial charge in [0.15, 0.2) is 0 Å². The third-order valence-electron chi connectivity index (χ3n) is 4.77. The van der Waals surface area contributed by atoms with Gasteiger partial charge in [-0.25, -0.2) is 0 Å². The Morgan fingerprint density at radius 1 is 1.03 bits per heavy atom. The van der Waals surface area contributed by atoms with Crippen LogP contribution in [0, 0.1) is 0 Å². The van der Waals surface area contributed by atoms with E-state index in [1.807, 2.05) is 24.4 Å². The molecule has 2 heterocycles. The highest BCUT2D eigenvalue weighted by Crippen LogP contribution is 2.31. The van der Waals surface area contributed by atoms with Crippen LogP contribution in [0.3, 0.4) is 0 Å². The molecule has 0 saturated carbocycles. The number of aromatic nitrogens is 2. The predicted octanol–water partition coefficient (Wildman–Crippen LogP) is 5.13. The van der Waals surface area contributed by atoms with Crippen molar-refractivity contribution in [1.29, 1.82) is 0 Å². The maximum atomic E-state index is 12.7. The fourth-order valence-electron chi connectivity index (χ4n) is 3.23. The molecule has 0 aliphatic rings. The predicted molar refractivity (Wildman–Crippen MR) is 105 cm³/mol. The van der Waals surface area contributed by atoms with Gasteiger partial charge in [0.2, 0.25) is 0 Å². The number of ether oxygens (including phenoxy) is 1. The number of alkyl halides is 3. The van der Waals surface area contributed by atoms with Crippen LogP contribution in [0.4, 0.5) is 13.2 Å². The van der Waals surface area contributed by atoms with Crippen molar-refractivity contribution in [3.8, 4) is 16.9 Å². The van der Waals surface area contributed by atoms with Crippen LogP contribution < -0.4 is 10.3 Å². The van der Waals surface area contributed by atoms with Gasteiger partial charge in [-0.3, -0.25) is 4.79 Å². The maximum absolute atomic E-state index is 12.7. The molecule has 4 aromatic rings. The summed E-state index contributed by atoms with van der Waals surface area (Å²) in [6.07, 6.45) is -2.52. The van der Waals surface area contributed by atoms with E-state index in [0.29, 0.717) is 11.3 Å². The molecule has 0 aliphatic heterocycles. The Bertz CT molecular complexity index is 1220. The molecule has 0 unspecified atom stereocenters. The van der Waals surface area contributed by atoms with Crippen LogP contribution in [0.25, 0.3) is 22.2 Å². The lowest BCUT2D eigenvalue weighted by molar-refractivity contribution is -0.137. The normalized spacial score (nSPS) is 11.7. The number of nitrogens with one attached hydrogen (secondary N) is 1. The molecule has 1 N–H and O–H groups in total. The largest absolute Gasteiger partial charge is 0.489 e. The van der Waals surface area contributed by atoms with Gasteiger partial charge in [-0.1, -0.05) is 24.3 Å². The minimum absolute atomic E-state index is 0.104. The number of rotatable bonds is 4. The summed E-state index contributed by atoms with van der Waals surface area (Å²) in [5, 5.41) is 0. The van der Waals surface area contributed by atoms with Gasteiger partial charge < -0.3 is 14.3 Å². The standard InChI is InChI=1S/C22H17F3N2O2/c1-27-20(28)10-9-19-21(27)18(12-26-19)15-3-2-4-17(11-15)29-13-14-5-7-16(8-6-14)22(23,24)25/h2-12,26H,13H2,1H3. The minimum Gasteiger partial charge on any atom is -0.489 e. The highest BCUT2D eigenvalue weighted by Gasteiger charge is 2.29. The summed E-state index contributed by atoms with van der Waals surface area (Å²) in [5.74, 6) is 0.581. The monoisotopic (exact) mass is 398 g/mol. The van der Waals surface area contributed by atoms with Crippen molar-refractivity contribution in [1.82, 2.24) is 9.55 Å². The third kappa shape index (κ3) is 3.76. The van der Waals surface area contributed by atoms with E-state index in [2.05, 4.69) is 4.98 Å². The molecule has 7 heteroatoms. The molecule has 148 valence electrons. The first kappa shape index (κ1) is 18.9. The number of aryl methyl sites for hydroxylation is 1. The molecule has 0 amide bonds. The first-order valence-electron chi connectivity index (χ1n) is 8.89. The Morgan fingerprint density at radius 2 is 1.79 bits per heavy atom. The van der Waals surface area contributed by atoms with E-state index in [1.54, 1.807) is 23.7 Å². The minimum atomic E-state index is -4.35. The second-order valence-corrected chi connectivity index (χ2v) is 6.71. The van der Waals surface area contributed by atoms with Crippen molar-refractivity contribution in [2.45, 2.75) is 12.8 Å². The van der Waals surface area contributed by atoms with E-state index in [4.69, 9.17) is 4.74 Å². The number of hydrogen-bond acceptors (Lipinski definition) is 2. The molecule has 0 radical (unpaired) electrons. The molecule has 29 heavy (non-hydrogen) atoms. The Balaban J connectivity index is 1.57. The zero-order valence-electron chi connectivity index (χ0n) is 15.5. The molecule has 0 atom stereocenters. The summed E-state index contributed by atoms with van der Waals surface area (Å²) in [6, 6.07) is 15.5. The van der Waals surface area contributed by atoms with Crippen LogP contribution in [0.2, 0.25) is 0 Å². The lowest BCUT2D eigenvalue weighted by Crippen LogP contribution is -2.14. The highest BCUT2D eigenvalue weighted by molar-refractivity contribution is 5.92. The van der Waals surface area contributed by atoms with Gasteiger partial charge in [-0.05, 0) is 41.5 Å². The summed E-state index contributed by atoms with van der Waals surface area (Å²) in [6.45, 7) is 0.147. The van der Waals surface area contributed by atoms with Gasteiger partial charge in [0, 0.05) is 24.9 Å². The maximum Gasteiger partial charge on any atom is 0.416 e. The molecular formula is C22H17F3N2O2. The number of H-pyrrole nitrogens is 1. The van der Waals surface area contributed by atoms with Crippen LogP contribution >= 0.6 is 0 Å². The molecule has 0 saturated heterocycles. The highest BCUT2D eigenvalue weighted by atomic mass is 19.4. The van der Waals surface area contributed by atoms with Crippen LogP contribution in [-0.2, 0) is 19.8 Å². The molecule has 0 bridgehead atoms. The number of hydrogen-bond donors (Lipinski definition) is 1. The smallest absolute Gasteiger partial charge is 0.416 e. The lowest BCUT2D eigenvalue weighted by atomic mass is 10.1. The van der Waals surface area contributed by atoms with Gasteiger partial charge in [-0.15, -0.1) is 0 Å². The van der Waals surface area contributed by atoms with Crippen molar-refractivity contribution in [2.24, 2.45) is 7.05 Å². The van der Waals surface area contributed by atoms with Crippen molar-refractivity contribution in [3.05, 3.63) is 88.3 Å². The Morgan fingerprint density at radius 3 is 2.52 bits per heavy atom. The fraction of sp³-hybridized carbons (Fsp3) is 0.136. The molecule has 4 nitrogen and oxygen atoms in total. The average molecular weight is 398 g/mol. The number of nitrogens with zero attached hydrogens (tertiary/aromatic N) is 1. The zero-order chi connectivity index (χ0) is 20.6. The first-order valence-corrected chi connectivity index (χ1v) is 8.89. The number of fused-ring (bicyclic) bond motifs is 1. The SMILES string of the molecule is Cn1c(=O)ccc2[nH]cc(-c3cccc(OCc4ccc(C(F)(F)F)cc4)c3)c21. The number of halogens is 3. The van der Waals surface area contributed by atoms with Gasteiger partial charge in [0.1, 0.15) is 12.4 Å². The summed E-state index contributed by atoms with van der Waals surface area (Å²) < 4.78 is 45.3. The quantitative estimate of drug-likeness (QED) is 0.518. The molecule has 0 spiro atoms. The average Bonchev–Trinajstić information content (AvgIpc) is 3.14. The zero-order valence-corrected chi connectivity index (χ0v) is 15.5. The van der Waals surface area contributed by atoms with Crippen molar-refractivity contribution in [2.75, 3.05) is 0 Å². The number of benzene rings is 2. The second-order valence-electron chi connectivity index (χ2n) is 6.71. The Labute approximate surface area is 164 Å². The summed E-state index contributed by atoms with van der Waals surface area (Å²) >= 11 is 0. The van der Waals surface area contributed by atoms with E-state index in [0.717, 1.165) is 34.3 Å². The van der Waals surface area contributed by atoms with Crippen LogP contribution in [0.15, 0.2) is 71.7 Å². The third-order valence-corrected chi connectivity index (χ3v) is 4.77.